The summed E-state index contributed by atoms with van der Waals surface area (Å²) in [4.78, 5) is 51.2. The molecule has 3 N–H and O–H groups in total. The molecule has 5 amide bonds. The fraction of sp³-hybridized carbons (Fsp3) is 0.300. The van der Waals surface area contributed by atoms with E-state index in [0.717, 1.165) is 16.0 Å². The van der Waals surface area contributed by atoms with E-state index in [1.807, 2.05) is 19.1 Å². The SMILES string of the molecule is Cc1ccc(NC(=O)NCc2cc3c(s2)C(=O)N([C@H]2CCC(=O)NC2=O)C3)c(Cl)c1. The Morgan fingerprint density at radius 3 is 2.80 bits per heavy atom. The third-order valence-electron chi connectivity index (χ3n) is 5.04. The molecule has 30 heavy (non-hydrogen) atoms. The molecular weight excluding hydrogens is 428 g/mol. The lowest BCUT2D eigenvalue weighted by Crippen LogP contribution is -2.52. The van der Waals surface area contributed by atoms with Crippen molar-refractivity contribution in [2.24, 2.45) is 0 Å². The van der Waals surface area contributed by atoms with Crippen molar-refractivity contribution in [2.75, 3.05) is 5.32 Å². The van der Waals surface area contributed by atoms with Gasteiger partial charge >= 0.3 is 6.03 Å². The molecule has 0 bridgehead atoms. The van der Waals surface area contributed by atoms with Gasteiger partial charge < -0.3 is 15.5 Å². The molecule has 0 saturated carbocycles. The highest BCUT2D eigenvalue weighted by Crippen LogP contribution is 2.33. The number of nitrogens with one attached hydrogen (secondary N) is 3. The Kier molecular flexibility index (Phi) is 5.48. The number of imide groups is 1. The fourth-order valence-corrected chi connectivity index (χ4v) is 4.89. The summed E-state index contributed by atoms with van der Waals surface area (Å²) >= 11 is 7.42. The minimum Gasteiger partial charge on any atom is -0.333 e. The molecule has 4 rings (SSSR count). The van der Waals surface area contributed by atoms with Gasteiger partial charge in [0.25, 0.3) is 5.91 Å². The van der Waals surface area contributed by atoms with Crippen LogP contribution in [0.5, 0.6) is 0 Å². The van der Waals surface area contributed by atoms with Crippen molar-refractivity contribution >= 4 is 52.4 Å². The number of anilines is 1. The van der Waals surface area contributed by atoms with Crippen LogP contribution in [0.1, 0.15) is 38.5 Å². The number of hydrogen-bond donors (Lipinski definition) is 3. The van der Waals surface area contributed by atoms with E-state index >= 15 is 0 Å². The molecule has 1 aromatic carbocycles. The van der Waals surface area contributed by atoms with Gasteiger partial charge in [0.2, 0.25) is 11.8 Å². The van der Waals surface area contributed by atoms with E-state index in [-0.39, 0.29) is 24.8 Å². The van der Waals surface area contributed by atoms with Gasteiger partial charge in [0.05, 0.1) is 22.1 Å². The van der Waals surface area contributed by atoms with Crippen molar-refractivity contribution in [1.29, 1.82) is 0 Å². The molecule has 1 atom stereocenters. The van der Waals surface area contributed by atoms with E-state index in [4.69, 9.17) is 11.6 Å². The Morgan fingerprint density at radius 2 is 2.10 bits per heavy atom. The number of urea groups is 1. The van der Waals surface area contributed by atoms with Gasteiger partial charge in [-0.25, -0.2) is 4.79 Å². The van der Waals surface area contributed by atoms with Crippen molar-refractivity contribution in [3.8, 4) is 0 Å². The molecule has 1 fully saturated rings. The van der Waals surface area contributed by atoms with E-state index in [0.29, 0.717) is 28.6 Å². The van der Waals surface area contributed by atoms with Crippen molar-refractivity contribution < 1.29 is 19.2 Å². The molecule has 0 aliphatic carbocycles. The largest absolute Gasteiger partial charge is 0.333 e. The molecule has 0 unspecified atom stereocenters. The zero-order chi connectivity index (χ0) is 21.4. The van der Waals surface area contributed by atoms with E-state index in [1.54, 1.807) is 12.1 Å². The summed E-state index contributed by atoms with van der Waals surface area (Å²) in [6.07, 6.45) is 0.560. The first-order valence-electron chi connectivity index (χ1n) is 9.39. The summed E-state index contributed by atoms with van der Waals surface area (Å²) in [5, 5.41) is 8.20. The molecule has 0 radical (unpaired) electrons. The number of thiophene rings is 1. The first kappa shape index (κ1) is 20.4. The first-order valence-corrected chi connectivity index (χ1v) is 10.6. The fourth-order valence-electron chi connectivity index (χ4n) is 3.54. The maximum atomic E-state index is 12.7. The van der Waals surface area contributed by atoms with Crippen LogP contribution in [-0.4, -0.2) is 34.7 Å². The van der Waals surface area contributed by atoms with Crippen LogP contribution in [0, 0.1) is 6.92 Å². The lowest BCUT2D eigenvalue weighted by Gasteiger charge is -2.29. The lowest BCUT2D eigenvalue weighted by atomic mass is 10.0. The highest BCUT2D eigenvalue weighted by atomic mass is 35.5. The Hall–Kier alpha value is -2.91. The van der Waals surface area contributed by atoms with Crippen molar-refractivity contribution in [2.45, 2.75) is 38.9 Å². The number of nitrogens with zero attached hydrogens (tertiary/aromatic N) is 1. The summed E-state index contributed by atoms with van der Waals surface area (Å²) in [6.45, 7) is 2.50. The second-order valence-electron chi connectivity index (χ2n) is 7.26. The molecule has 2 aromatic rings. The number of aryl methyl sites for hydroxylation is 1. The highest BCUT2D eigenvalue weighted by molar-refractivity contribution is 7.14. The molecule has 3 heterocycles. The first-order chi connectivity index (χ1) is 14.3. The normalized spacial score (nSPS) is 18.3. The van der Waals surface area contributed by atoms with Gasteiger partial charge in [-0.3, -0.25) is 19.7 Å². The number of amides is 5. The second kappa shape index (κ2) is 8.08. The van der Waals surface area contributed by atoms with Gasteiger partial charge in [-0.15, -0.1) is 11.3 Å². The van der Waals surface area contributed by atoms with E-state index in [9.17, 15) is 19.2 Å². The third-order valence-corrected chi connectivity index (χ3v) is 6.52. The van der Waals surface area contributed by atoms with Gasteiger partial charge in [0.1, 0.15) is 6.04 Å². The second-order valence-corrected chi connectivity index (χ2v) is 8.80. The van der Waals surface area contributed by atoms with Gasteiger partial charge in [0.15, 0.2) is 0 Å². The zero-order valence-corrected chi connectivity index (χ0v) is 17.7. The predicted molar refractivity (Wildman–Crippen MR) is 112 cm³/mol. The van der Waals surface area contributed by atoms with Gasteiger partial charge in [-0.2, -0.15) is 0 Å². The maximum absolute atomic E-state index is 12.7. The summed E-state index contributed by atoms with van der Waals surface area (Å²) in [5.74, 6) is -0.953. The Morgan fingerprint density at radius 1 is 1.30 bits per heavy atom. The topological polar surface area (TPSA) is 108 Å². The van der Waals surface area contributed by atoms with Gasteiger partial charge in [0, 0.05) is 17.8 Å². The molecule has 1 aromatic heterocycles. The summed E-state index contributed by atoms with van der Waals surface area (Å²) in [6, 6.07) is 6.20. The Labute approximate surface area is 181 Å². The third kappa shape index (κ3) is 4.03. The standard InChI is InChI=1S/C20H19ClN4O4S/c1-10-2-3-14(13(21)6-10)23-20(29)22-8-12-7-11-9-25(19(28)17(11)30-12)15-4-5-16(26)24-18(15)27/h2-3,6-7,15H,4-5,8-9H2,1H3,(H2,22,23,29)(H,24,26,27)/t15-/m0/s1. The average Bonchev–Trinajstić information content (AvgIpc) is 3.22. The lowest BCUT2D eigenvalue weighted by molar-refractivity contribution is -0.136. The van der Waals surface area contributed by atoms with E-state index < -0.39 is 18.0 Å². The van der Waals surface area contributed by atoms with Crippen LogP contribution in [0.15, 0.2) is 24.3 Å². The number of rotatable bonds is 4. The highest BCUT2D eigenvalue weighted by Gasteiger charge is 2.40. The molecule has 0 spiro atoms. The minimum absolute atomic E-state index is 0.216. The monoisotopic (exact) mass is 446 g/mol. The van der Waals surface area contributed by atoms with Gasteiger partial charge in [-0.1, -0.05) is 17.7 Å². The van der Waals surface area contributed by atoms with Crippen LogP contribution in [0.25, 0.3) is 0 Å². The quantitative estimate of drug-likeness (QED) is 0.627. The average molecular weight is 447 g/mol. The van der Waals surface area contributed by atoms with Gasteiger partial charge in [-0.05, 0) is 42.7 Å². The Bertz CT molecular complexity index is 1070. The number of halogens is 1. The van der Waals surface area contributed by atoms with Crippen LogP contribution in [0.2, 0.25) is 5.02 Å². The number of hydrogen-bond acceptors (Lipinski definition) is 5. The van der Waals surface area contributed by atoms with Crippen molar-refractivity contribution in [1.82, 2.24) is 15.5 Å². The molecule has 2 aliphatic rings. The predicted octanol–water partition coefficient (Wildman–Crippen LogP) is 2.79. The minimum atomic E-state index is -0.624. The number of benzene rings is 1. The number of piperidine rings is 1. The van der Waals surface area contributed by atoms with E-state index in [2.05, 4.69) is 16.0 Å². The van der Waals surface area contributed by atoms with Crippen LogP contribution in [-0.2, 0) is 22.7 Å². The Balaban J connectivity index is 1.35. The van der Waals surface area contributed by atoms with Crippen LogP contribution < -0.4 is 16.0 Å². The number of carbonyl (C=O) groups excluding carboxylic acids is 4. The summed E-state index contributed by atoms with van der Waals surface area (Å²) < 4.78 is 0. The molecule has 156 valence electrons. The number of fused-ring (bicyclic) bond motifs is 1. The number of carbonyl (C=O) groups is 4. The smallest absolute Gasteiger partial charge is 0.319 e. The van der Waals surface area contributed by atoms with Crippen molar-refractivity contribution in [3.63, 3.8) is 0 Å². The molecular formula is C20H19ClN4O4S. The van der Waals surface area contributed by atoms with Crippen molar-refractivity contribution in [3.05, 3.63) is 50.2 Å². The zero-order valence-electron chi connectivity index (χ0n) is 16.1. The van der Waals surface area contributed by atoms with Crippen LogP contribution in [0.3, 0.4) is 0 Å². The summed E-state index contributed by atoms with van der Waals surface area (Å²) in [5.41, 5.74) is 2.34. The molecule has 2 aliphatic heterocycles. The van der Waals surface area contributed by atoms with E-state index in [1.165, 1.54) is 16.2 Å². The van der Waals surface area contributed by atoms with Crippen LogP contribution >= 0.6 is 22.9 Å². The molecule has 10 heteroatoms. The maximum Gasteiger partial charge on any atom is 0.319 e. The molecule has 8 nitrogen and oxygen atoms in total. The van der Waals surface area contributed by atoms with Crippen LogP contribution in [0.4, 0.5) is 10.5 Å². The summed E-state index contributed by atoms with van der Waals surface area (Å²) in [7, 11) is 0. The molecule has 1 saturated heterocycles.